The second kappa shape index (κ2) is 7.62. The zero-order chi connectivity index (χ0) is 17.3. The number of hydrogen-bond acceptors (Lipinski definition) is 8. The predicted octanol–water partition coefficient (Wildman–Crippen LogP) is 0.167. The molecule has 3 aromatic rings. The van der Waals surface area contributed by atoms with Crippen molar-refractivity contribution in [2.75, 3.05) is 0 Å². The fourth-order valence-electron chi connectivity index (χ4n) is 2.46. The van der Waals surface area contributed by atoms with E-state index in [2.05, 4.69) is 8.75 Å². The van der Waals surface area contributed by atoms with Crippen LogP contribution in [0.4, 0.5) is 11.4 Å². The molecule has 0 radical (unpaired) electrons. The Morgan fingerprint density at radius 3 is 2.24 bits per heavy atom. The van der Waals surface area contributed by atoms with Crippen LogP contribution >= 0.6 is 11.7 Å². The van der Waals surface area contributed by atoms with E-state index in [9.17, 15) is 25.5 Å². The minimum Gasteiger partial charge on any atom is -0.258 e. The third-order valence-electron chi connectivity index (χ3n) is 3.51. The largest absolute Gasteiger partial charge is 1.00 e. The molecule has 0 aliphatic rings. The summed E-state index contributed by atoms with van der Waals surface area (Å²) in [5.41, 5.74) is 0.412. The maximum atomic E-state index is 11.2. The van der Waals surface area contributed by atoms with Crippen molar-refractivity contribution in [2.45, 2.75) is 5.92 Å². The number of nitro benzene ring substituents is 2. The Bertz CT molecular complexity index is 1020. The zero-order valence-corrected chi connectivity index (χ0v) is 15.6. The summed E-state index contributed by atoms with van der Waals surface area (Å²) in [7, 11) is 0. The third-order valence-corrected chi connectivity index (χ3v) is 4.04. The number of nitriles is 1. The molecule has 11 heteroatoms. The molecule has 0 spiro atoms. The molecule has 2 aromatic carbocycles. The molecule has 1 atom stereocenters. The Morgan fingerprint density at radius 2 is 1.60 bits per heavy atom. The number of nitrogens with zero attached hydrogens (tertiary/aromatic N) is 5. The Labute approximate surface area is 166 Å². The van der Waals surface area contributed by atoms with E-state index < -0.39 is 15.8 Å². The summed E-state index contributed by atoms with van der Waals surface area (Å²) in [5.74, 6) is -0.987. The van der Waals surface area contributed by atoms with Gasteiger partial charge in [0.05, 0.1) is 33.2 Å². The van der Waals surface area contributed by atoms with Gasteiger partial charge in [-0.1, -0.05) is 18.2 Å². The van der Waals surface area contributed by atoms with Crippen molar-refractivity contribution >= 4 is 34.1 Å². The minimum atomic E-state index is -0.987. The minimum absolute atomic E-state index is 0. The van der Waals surface area contributed by atoms with E-state index in [1.165, 1.54) is 30.3 Å². The second-order valence-electron chi connectivity index (χ2n) is 4.77. The van der Waals surface area contributed by atoms with Gasteiger partial charge in [-0.15, -0.1) is 0 Å². The second-order valence-corrected chi connectivity index (χ2v) is 5.30. The Hall–Kier alpha value is -2.45. The number of aromatic nitrogens is 2. The van der Waals surface area contributed by atoms with Crippen molar-refractivity contribution < 1.29 is 39.4 Å². The molecule has 0 aliphatic heterocycles. The molecule has 3 rings (SSSR count). The van der Waals surface area contributed by atoms with E-state index in [1.54, 1.807) is 6.07 Å². The molecular formula is C14H7N5NaO4S+. The first-order valence-corrected chi connectivity index (χ1v) is 7.30. The quantitative estimate of drug-likeness (QED) is 0.365. The van der Waals surface area contributed by atoms with Crippen molar-refractivity contribution in [1.82, 2.24) is 8.75 Å². The standard InChI is InChI=1S/C14H7N5O4S.Na/c15-7-10(8-3-1-2-4-11(8)18(20)21)9-5-6-12(19(22)23)14-13(9)16-24-17-14;/h1-6,10H;/q;+1. The molecule has 0 amide bonds. The van der Waals surface area contributed by atoms with Crippen LogP contribution in [0, 0.1) is 31.6 Å². The van der Waals surface area contributed by atoms with Crippen molar-refractivity contribution in [1.29, 1.82) is 5.26 Å². The van der Waals surface area contributed by atoms with Gasteiger partial charge in [0.1, 0.15) is 11.4 Å². The molecule has 1 unspecified atom stereocenters. The summed E-state index contributed by atoms with van der Waals surface area (Å²) in [6.45, 7) is 0. The van der Waals surface area contributed by atoms with Gasteiger partial charge in [-0.3, -0.25) is 20.2 Å². The van der Waals surface area contributed by atoms with Gasteiger partial charge in [0.15, 0.2) is 5.52 Å². The summed E-state index contributed by atoms with van der Waals surface area (Å²) in [4.78, 5) is 21.1. The van der Waals surface area contributed by atoms with Gasteiger partial charge < -0.3 is 0 Å². The monoisotopic (exact) mass is 364 g/mol. The van der Waals surface area contributed by atoms with Gasteiger partial charge in [-0.2, -0.15) is 14.0 Å². The number of hydrogen-bond donors (Lipinski definition) is 0. The van der Waals surface area contributed by atoms with Gasteiger partial charge in [-0.05, 0) is 6.07 Å². The van der Waals surface area contributed by atoms with Gasteiger partial charge in [0.25, 0.3) is 11.4 Å². The van der Waals surface area contributed by atoms with E-state index in [0.717, 1.165) is 11.7 Å². The zero-order valence-electron chi connectivity index (χ0n) is 12.8. The van der Waals surface area contributed by atoms with Crippen molar-refractivity contribution in [3.63, 3.8) is 0 Å². The molecule has 118 valence electrons. The van der Waals surface area contributed by atoms with E-state index >= 15 is 0 Å². The van der Waals surface area contributed by atoms with Crippen LogP contribution in [0.3, 0.4) is 0 Å². The first kappa shape index (κ1) is 18.9. The van der Waals surface area contributed by atoms with Crippen molar-refractivity contribution in [3.05, 3.63) is 67.8 Å². The van der Waals surface area contributed by atoms with E-state index in [0.29, 0.717) is 5.56 Å². The number of non-ortho nitro benzene ring substituents is 1. The molecular weight excluding hydrogens is 357 g/mol. The van der Waals surface area contributed by atoms with Crippen LogP contribution in [0.2, 0.25) is 0 Å². The molecule has 0 saturated heterocycles. The molecule has 25 heavy (non-hydrogen) atoms. The Kier molecular flexibility index (Phi) is 5.76. The van der Waals surface area contributed by atoms with Gasteiger partial charge in [0, 0.05) is 17.7 Å². The fourth-order valence-corrected chi connectivity index (χ4v) is 3.03. The maximum Gasteiger partial charge on any atom is 1.00 e. The molecule has 9 nitrogen and oxygen atoms in total. The van der Waals surface area contributed by atoms with Crippen LogP contribution in [0.5, 0.6) is 0 Å². The van der Waals surface area contributed by atoms with Gasteiger partial charge in [0.2, 0.25) is 0 Å². The van der Waals surface area contributed by atoms with Gasteiger partial charge in [-0.25, -0.2) is 0 Å². The van der Waals surface area contributed by atoms with E-state index in [4.69, 9.17) is 0 Å². The summed E-state index contributed by atoms with van der Waals surface area (Å²) in [6.07, 6.45) is 0. The molecule has 0 bridgehead atoms. The van der Waals surface area contributed by atoms with Crippen LogP contribution in [0.15, 0.2) is 36.4 Å². The van der Waals surface area contributed by atoms with Crippen LogP contribution in [-0.2, 0) is 0 Å². The van der Waals surface area contributed by atoms with E-state index in [1.807, 2.05) is 6.07 Å². The summed E-state index contributed by atoms with van der Waals surface area (Å²) >= 11 is 0.784. The van der Waals surface area contributed by atoms with E-state index in [-0.39, 0.29) is 57.5 Å². The van der Waals surface area contributed by atoms with Crippen LogP contribution < -0.4 is 29.6 Å². The summed E-state index contributed by atoms with van der Waals surface area (Å²) in [6, 6.07) is 10.5. The Morgan fingerprint density at radius 1 is 0.960 bits per heavy atom. The summed E-state index contributed by atoms with van der Waals surface area (Å²) in [5, 5.41) is 31.8. The topological polar surface area (TPSA) is 136 Å². The molecule has 0 saturated carbocycles. The molecule has 0 fully saturated rings. The molecule has 1 aromatic heterocycles. The first-order valence-electron chi connectivity index (χ1n) is 6.57. The van der Waals surface area contributed by atoms with Crippen LogP contribution in [0.1, 0.15) is 17.0 Å². The number of rotatable bonds is 4. The Balaban J connectivity index is 0.00000225. The molecule has 1 heterocycles. The average Bonchev–Trinajstić information content (AvgIpc) is 3.05. The number of fused-ring (bicyclic) bond motifs is 1. The number of benzene rings is 2. The van der Waals surface area contributed by atoms with Crippen molar-refractivity contribution in [3.8, 4) is 6.07 Å². The average molecular weight is 364 g/mol. The number of nitro groups is 2. The van der Waals surface area contributed by atoms with Crippen LogP contribution in [0.25, 0.3) is 11.0 Å². The third kappa shape index (κ3) is 3.35. The molecule has 0 N–H and O–H groups in total. The SMILES string of the molecule is N#CC(c1ccccc1[N+](=O)[O-])c1ccc([N+](=O)[O-])c2nsnc12.[Na+]. The van der Waals surface area contributed by atoms with Gasteiger partial charge >= 0.3 is 29.6 Å². The predicted molar refractivity (Wildman–Crippen MR) is 84.6 cm³/mol. The van der Waals surface area contributed by atoms with Crippen molar-refractivity contribution in [2.24, 2.45) is 0 Å². The normalized spacial score (nSPS) is 11.3. The smallest absolute Gasteiger partial charge is 0.258 e. The molecule has 0 aliphatic carbocycles. The first-order chi connectivity index (χ1) is 11.5. The fraction of sp³-hybridized carbons (Fsp3) is 0.0714. The maximum absolute atomic E-state index is 11.2. The summed E-state index contributed by atoms with van der Waals surface area (Å²) < 4.78 is 7.95. The number of para-hydroxylation sites is 1. The van der Waals surface area contributed by atoms with Crippen LogP contribution in [-0.4, -0.2) is 18.6 Å².